The zero-order valence-electron chi connectivity index (χ0n) is 10.9. The summed E-state index contributed by atoms with van der Waals surface area (Å²) in [6, 6.07) is 10.5. The van der Waals surface area contributed by atoms with E-state index >= 15 is 0 Å². The van der Waals surface area contributed by atoms with E-state index in [2.05, 4.69) is 54.5 Å². The Morgan fingerprint density at radius 3 is 2.72 bits per heavy atom. The van der Waals surface area contributed by atoms with Crippen molar-refractivity contribution in [1.29, 1.82) is 0 Å². The zero-order valence-corrected chi connectivity index (χ0v) is 11.7. The molecule has 0 bridgehead atoms. The lowest BCUT2D eigenvalue weighted by Crippen LogP contribution is -2.22. The number of benzene rings is 1. The molecule has 3 heteroatoms. The fourth-order valence-electron chi connectivity index (χ4n) is 2.11. The van der Waals surface area contributed by atoms with E-state index in [1.165, 1.54) is 10.4 Å². The van der Waals surface area contributed by atoms with Gasteiger partial charge in [-0.25, -0.2) is 0 Å². The van der Waals surface area contributed by atoms with Crippen LogP contribution in [0.2, 0.25) is 0 Å². The Hall–Kier alpha value is -1.32. The van der Waals surface area contributed by atoms with Crippen LogP contribution >= 0.6 is 11.3 Å². The zero-order chi connectivity index (χ0) is 13.0. The minimum absolute atomic E-state index is 0.0952. The summed E-state index contributed by atoms with van der Waals surface area (Å²) in [6.07, 6.45) is 0. The third kappa shape index (κ3) is 2.92. The quantitative estimate of drug-likeness (QED) is 0.889. The molecule has 0 aliphatic carbocycles. The number of aryl methyl sites for hydroxylation is 1. The molecule has 0 unspecified atom stereocenters. The van der Waals surface area contributed by atoms with Crippen molar-refractivity contribution in [1.82, 2.24) is 0 Å². The Kier molecular flexibility index (Phi) is 4.39. The Labute approximate surface area is 113 Å². The van der Waals surface area contributed by atoms with Gasteiger partial charge in [-0.1, -0.05) is 23.8 Å². The molecule has 0 spiro atoms. The monoisotopic (exact) mass is 261 g/mol. The van der Waals surface area contributed by atoms with E-state index < -0.39 is 0 Å². The van der Waals surface area contributed by atoms with Crippen LogP contribution in [0.15, 0.2) is 35.7 Å². The number of rotatable bonds is 5. The highest BCUT2D eigenvalue weighted by atomic mass is 32.1. The molecule has 0 saturated carbocycles. The molecule has 2 aromatic rings. The average molecular weight is 261 g/mol. The standard InChI is InChI=1S/C15H19NOS/c1-3-16(10-14-5-4-8-18-14)15-7-6-12(2)9-13(15)11-17/h4-9,17H,3,10-11H2,1-2H3. The predicted octanol–water partition coefficient (Wildman–Crippen LogP) is 3.58. The van der Waals surface area contributed by atoms with Gasteiger partial charge in [0.15, 0.2) is 0 Å². The molecule has 0 fully saturated rings. The molecule has 2 rings (SSSR count). The Morgan fingerprint density at radius 2 is 2.11 bits per heavy atom. The average Bonchev–Trinajstić information content (AvgIpc) is 2.89. The van der Waals surface area contributed by atoms with Crippen molar-refractivity contribution in [3.05, 3.63) is 51.7 Å². The van der Waals surface area contributed by atoms with Gasteiger partial charge in [-0.05, 0) is 31.4 Å². The summed E-state index contributed by atoms with van der Waals surface area (Å²) in [5.41, 5.74) is 3.34. The van der Waals surface area contributed by atoms with Crippen molar-refractivity contribution in [2.75, 3.05) is 11.4 Å². The maximum absolute atomic E-state index is 9.49. The van der Waals surface area contributed by atoms with E-state index in [4.69, 9.17) is 0 Å². The highest BCUT2D eigenvalue weighted by Crippen LogP contribution is 2.24. The topological polar surface area (TPSA) is 23.5 Å². The van der Waals surface area contributed by atoms with Gasteiger partial charge in [-0.15, -0.1) is 11.3 Å². The molecule has 1 heterocycles. The summed E-state index contributed by atoms with van der Waals surface area (Å²) in [6.45, 7) is 6.14. The van der Waals surface area contributed by atoms with Crippen LogP contribution in [0, 0.1) is 6.92 Å². The van der Waals surface area contributed by atoms with E-state index in [0.29, 0.717) is 0 Å². The third-order valence-electron chi connectivity index (χ3n) is 3.05. The maximum atomic E-state index is 9.49. The first kappa shape index (κ1) is 13.1. The summed E-state index contributed by atoms with van der Waals surface area (Å²) < 4.78 is 0. The normalized spacial score (nSPS) is 10.6. The van der Waals surface area contributed by atoms with Crippen molar-refractivity contribution in [3.63, 3.8) is 0 Å². The molecule has 18 heavy (non-hydrogen) atoms. The first-order chi connectivity index (χ1) is 8.74. The second-order valence-corrected chi connectivity index (χ2v) is 5.42. The van der Waals surface area contributed by atoms with E-state index in [1.807, 2.05) is 0 Å². The Balaban J connectivity index is 2.26. The first-order valence-corrected chi connectivity index (χ1v) is 7.10. The van der Waals surface area contributed by atoms with Crippen LogP contribution in [0.4, 0.5) is 5.69 Å². The molecule has 1 N–H and O–H groups in total. The van der Waals surface area contributed by atoms with Gasteiger partial charge in [0.05, 0.1) is 13.2 Å². The van der Waals surface area contributed by atoms with Gasteiger partial charge >= 0.3 is 0 Å². The number of aliphatic hydroxyl groups excluding tert-OH is 1. The van der Waals surface area contributed by atoms with Crippen molar-refractivity contribution in [3.8, 4) is 0 Å². The van der Waals surface area contributed by atoms with Crippen LogP contribution in [0.3, 0.4) is 0 Å². The van der Waals surface area contributed by atoms with Crippen molar-refractivity contribution < 1.29 is 5.11 Å². The van der Waals surface area contributed by atoms with E-state index in [9.17, 15) is 5.11 Å². The van der Waals surface area contributed by atoms with Gasteiger partial charge in [0.2, 0.25) is 0 Å². The molecule has 0 saturated heterocycles. The number of thiophene rings is 1. The fraction of sp³-hybridized carbons (Fsp3) is 0.333. The highest BCUT2D eigenvalue weighted by Gasteiger charge is 2.10. The molecule has 1 aromatic heterocycles. The molecule has 0 amide bonds. The van der Waals surface area contributed by atoms with Crippen LogP contribution in [0.5, 0.6) is 0 Å². The van der Waals surface area contributed by atoms with Crippen molar-refractivity contribution in [2.45, 2.75) is 27.0 Å². The lowest BCUT2D eigenvalue weighted by molar-refractivity contribution is 0.282. The number of nitrogens with zero attached hydrogens (tertiary/aromatic N) is 1. The molecule has 0 aliphatic rings. The van der Waals surface area contributed by atoms with E-state index in [0.717, 1.165) is 24.3 Å². The van der Waals surface area contributed by atoms with E-state index in [-0.39, 0.29) is 6.61 Å². The molecule has 96 valence electrons. The van der Waals surface area contributed by atoms with Gasteiger partial charge in [-0.2, -0.15) is 0 Å². The van der Waals surface area contributed by atoms with Crippen molar-refractivity contribution in [2.24, 2.45) is 0 Å². The summed E-state index contributed by atoms with van der Waals surface area (Å²) in [7, 11) is 0. The maximum Gasteiger partial charge on any atom is 0.0702 e. The lowest BCUT2D eigenvalue weighted by Gasteiger charge is -2.25. The summed E-state index contributed by atoms with van der Waals surface area (Å²) in [4.78, 5) is 3.65. The molecule has 1 aromatic carbocycles. The fourth-order valence-corrected chi connectivity index (χ4v) is 2.83. The van der Waals surface area contributed by atoms with E-state index in [1.54, 1.807) is 11.3 Å². The molecule has 0 radical (unpaired) electrons. The summed E-state index contributed by atoms with van der Waals surface area (Å²) in [5, 5.41) is 11.6. The van der Waals surface area contributed by atoms with Crippen LogP contribution in [-0.4, -0.2) is 11.7 Å². The van der Waals surface area contributed by atoms with Gasteiger partial charge < -0.3 is 10.0 Å². The molecular weight excluding hydrogens is 242 g/mol. The molecule has 0 aliphatic heterocycles. The van der Waals surface area contributed by atoms with Gasteiger partial charge in [-0.3, -0.25) is 0 Å². The molecular formula is C15H19NOS. The third-order valence-corrected chi connectivity index (χ3v) is 3.92. The molecule has 2 nitrogen and oxygen atoms in total. The second kappa shape index (κ2) is 6.03. The summed E-state index contributed by atoms with van der Waals surface area (Å²) in [5.74, 6) is 0. The first-order valence-electron chi connectivity index (χ1n) is 6.22. The SMILES string of the molecule is CCN(Cc1cccs1)c1ccc(C)cc1CO. The minimum atomic E-state index is 0.0952. The lowest BCUT2D eigenvalue weighted by atomic mass is 10.1. The Bertz CT molecular complexity index is 493. The van der Waals surface area contributed by atoms with Gasteiger partial charge in [0.25, 0.3) is 0 Å². The van der Waals surface area contributed by atoms with Crippen LogP contribution in [-0.2, 0) is 13.2 Å². The Morgan fingerprint density at radius 1 is 1.28 bits per heavy atom. The second-order valence-electron chi connectivity index (χ2n) is 4.38. The number of aliphatic hydroxyl groups is 1. The number of hydrogen-bond acceptors (Lipinski definition) is 3. The van der Waals surface area contributed by atoms with Crippen LogP contribution < -0.4 is 4.90 Å². The number of hydrogen-bond donors (Lipinski definition) is 1. The smallest absolute Gasteiger partial charge is 0.0702 e. The predicted molar refractivity (Wildman–Crippen MR) is 78.1 cm³/mol. The molecule has 0 atom stereocenters. The minimum Gasteiger partial charge on any atom is -0.392 e. The largest absolute Gasteiger partial charge is 0.392 e. The summed E-state index contributed by atoms with van der Waals surface area (Å²) >= 11 is 1.77. The number of anilines is 1. The highest BCUT2D eigenvalue weighted by molar-refractivity contribution is 7.09. The van der Waals surface area contributed by atoms with Crippen LogP contribution in [0.1, 0.15) is 22.9 Å². The van der Waals surface area contributed by atoms with Crippen LogP contribution in [0.25, 0.3) is 0 Å². The van der Waals surface area contributed by atoms with Crippen molar-refractivity contribution >= 4 is 17.0 Å². The van der Waals surface area contributed by atoms with Gasteiger partial charge in [0.1, 0.15) is 0 Å². The van der Waals surface area contributed by atoms with Gasteiger partial charge in [0, 0.05) is 22.7 Å².